The van der Waals surface area contributed by atoms with Gasteiger partial charge in [0, 0.05) is 6.54 Å². The van der Waals surface area contributed by atoms with E-state index in [1.165, 1.54) is 32.1 Å². The summed E-state index contributed by atoms with van der Waals surface area (Å²) in [7, 11) is 0. The van der Waals surface area contributed by atoms with Crippen LogP contribution in [0.2, 0.25) is 0 Å². The molecule has 0 spiro atoms. The Hall–Kier alpha value is -0.730. The first-order valence-corrected chi connectivity index (χ1v) is 6.73. The van der Waals surface area contributed by atoms with Crippen molar-refractivity contribution in [1.82, 2.24) is 5.32 Å². The average molecular weight is 227 g/mol. The molecule has 1 aliphatic rings. The Bertz CT molecular complexity index is 188. The highest BCUT2D eigenvalue weighted by Gasteiger charge is 2.13. The fourth-order valence-corrected chi connectivity index (χ4v) is 2.21. The first-order valence-electron chi connectivity index (χ1n) is 6.73. The van der Waals surface area contributed by atoms with Crippen molar-refractivity contribution in [1.29, 1.82) is 0 Å². The van der Waals surface area contributed by atoms with Gasteiger partial charge in [0.1, 0.15) is 0 Å². The predicted molar refractivity (Wildman–Crippen MR) is 65.5 cm³/mol. The Balaban J connectivity index is 1.94. The lowest BCUT2D eigenvalue weighted by molar-refractivity contribution is 0.143. The second kappa shape index (κ2) is 8.43. The van der Waals surface area contributed by atoms with Gasteiger partial charge in [-0.1, -0.05) is 45.4 Å². The van der Waals surface area contributed by atoms with Crippen LogP contribution in [0.15, 0.2) is 0 Å². The molecule has 1 aliphatic carbocycles. The van der Waals surface area contributed by atoms with Gasteiger partial charge in [-0.15, -0.1) is 0 Å². The highest BCUT2D eigenvalue weighted by Crippen LogP contribution is 2.25. The summed E-state index contributed by atoms with van der Waals surface area (Å²) in [5, 5.41) is 2.83. The Morgan fingerprint density at radius 1 is 1.31 bits per heavy atom. The van der Waals surface area contributed by atoms with E-state index in [2.05, 4.69) is 12.2 Å². The van der Waals surface area contributed by atoms with E-state index in [1.54, 1.807) is 0 Å². The minimum absolute atomic E-state index is 0.246. The minimum atomic E-state index is -0.246. The monoisotopic (exact) mass is 227 g/mol. The normalized spacial score (nSPS) is 17.1. The molecule has 0 bridgehead atoms. The van der Waals surface area contributed by atoms with Crippen LogP contribution in [0, 0.1) is 5.92 Å². The summed E-state index contributed by atoms with van der Waals surface area (Å²) in [6, 6.07) is 0. The standard InChI is InChI=1S/C13H25NO2/c1-2-3-11-16-13(15)14-10-9-12-7-5-4-6-8-12/h12H,2-11H2,1H3,(H,14,15). The number of hydrogen-bond donors (Lipinski definition) is 1. The summed E-state index contributed by atoms with van der Waals surface area (Å²) in [4.78, 5) is 11.2. The molecule has 1 amide bonds. The van der Waals surface area contributed by atoms with Crippen LogP contribution in [-0.4, -0.2) is 19.2 Å². The molecule has 0 unspecified atom stereocenters. The molecule has 3 nitrogen and oxygen atoms in total. The largest absolute Gasteiger partial charge is 0.450 e. The van der Waals surface area contributed by atoms with E-state index >= 15 is 0 Å². The van der Waals surface area contributed by atoms with Gasteiger partial charge < -0.3 is 10.1 Å². The molecule has 0 aromatic heterocycles. The van der Waals surface area contributed by atoms with Gasteiger partial charge in [0.25, 0.3) is 0 Å². The molecule has 0 aromatic carbocycles. The minimum Gasteiger partial charge on any atom is -0.450 e. The van der Waals surface area contributed by atoms with E-state index in [4.69, 9.17) is 4.74 Å². The molecule has 0 saturated heterocycles. The summed E-state index contributed by atoms with van der Waals surface area (Å²) in [6.45, 7) is 3.41. The zero-order valence-electron chi connectivity index (χ0n) is 10.5. The number of unbranched alkanes of at least 4 members (excludes halogenated alkanes) is 1. The molecule has 0 aliphatic heterocycles. The predicted octanol–water partition coefficient (Wildman–Crippen LogP) is 3.48. The van der Waals surface area contributed by atoms with Gasteiger partial charge in [-0.2, -0.15) is 0 Å². The number of amides is 1. The van der Waals surface area contributed by atoms with E-state index in [0.717, 1.165) is 31.7 Å². The van der Waals surface area contributed by atoms with Crippen LogP contribution in [0.5, 0.6) is 0 Å². The molecular formula is C13H25NO2. The van der Waals surface area contributed by atoms with Crippen LogP contribution in [0.25, 0.3) is 0 Å². The van der Waals surface area contributed by atoms with Crippen molar-refractivity contribution in [2.45, 2.75) is 58.3 Å². The SMILES string of the molecule is CCCCOC(=O)NCCC1CCCCC1. The second-order valence-electron chi connectivity index (χ2n) is 4.71. The van der Waals surface area contributed by atoms with E-state index in [9.17, 15) is 4.79 Å². The van der Waals surface area contributed by atoms with Gasteiger partial charge in [-0.3, -0.25) is 0 Å². The number of hydrogen-bond acceptors (Lipinski definition) is 2. The maximum Gasteiger partial charge on any atom is 0.407 e. The zero-order chi connectivity index (χ0) is 11.6. The van der Waals surface area contributed by atoms with Crippen LogP contribution in [-0.2, 0) is 4.74 Å². The van der Waals surface area contributed by atoms with Gasteiger partial charge in [0.05, 0.1) is 6.61 Å². The van der Waals surface area contributed by atoms with Crippen LogP contribution < -0.4 is 5.32 Å². The molecule has 0 radical (unpaired) electrons. The summed E-state index contributed by atoms with van der Waals surface area (Å²) < 4.78 is 5.02. The van der Waals surface area contributed by atoms with Crippen molar-refractivity contribution < 1.29 is 9.53 Å². The number of carbonyl (C=O) groups is 1. The fraction of sp³-hybridized carbons (Fsp3) is 0.923. The van der Waals surface area contributed by atoms with Crippen molar-refractivity contribution in [3.63, 3.8) is 0 Å². The van der Waals surface area contributed by atoms with Crippen molar-refractivity contribution in [2.24, 2.45) is 5.92 Å². The van der Waals surface area contributed by atoms with Gasteiger partial charge in [0.15, 0.2) is 0 Å². The third-order valence-corrected chi connectivity index (χ3v) is 3.28. The van der Waals surface area contributed by atoms with Gasteiger partial charge >= 0.3 is 6.09 Å². The highest BCUT2D eigenvalue weighted by atomic mass is 16.5. The number of nitrogens with one attached hydrogen (secondary N) is 1. The summed E-state index contributed by atoms with van der Waals surface area (Å²) in [5.41, 5.74) is 0. The van der Waals surface area contributed by atoms with Crippen LogP contribution in [0.3, 0.4) is 0 Å². The van der Waals surface area contributed by atoms with Gasteiger partial charge in [-0.25, -0.2) is 4.79 Å². The molecule has 1 rings (SSSR count). The maximum absolute atomic E-state index is 11.2. The second-order valence-corrected chi connectivity index (χ2v) is 4.71. The molecule has 3 heteroatoms. The Labute approximate surface area is 98.9 Å². The van der Waals surface area contributed by atoms with E-state index in [1.807, 2.05) is 0 Å². The van der Waals surface area contributed by atoms with Crippen molar-refractivity contribution in [3.05, 3.63) is 0 Å². The molecule has 0 heterocycles. The zero-order valence-corrected chi connectivity index (χ0v) is 10.5. The molecule has 94 valence electrons. The quantitative estimate of drug-likeness (QED) is 0.705. The topological polar surface area (TPSA) is 38.3 Å². The van der Waals surface area contributed by atoms with Gasteiger partial charge in [0.2, 0.25) is 0 Å². The smallest absolute Gasteiger partial charge is 0.407 e. The van der Waals surface area contributed by atoms with E-state index in [0.29, 0.717) is 6.61 Å². The number of rotatable bonds is 6. The van der Waals surface area contributed by atoms with E-state index < -0.39 is 0 Å². The Morgan fingerprint density at radius 3 is 2.75 bits per heavy atom. The average Bonchev–Trinajstić information content (AvgIpc) is 2.31. The molecular weight excluding hydrogens is 202 g/mol. The Kier molecular flexibility index (Phi) is 7.02. The first kappa shape index (κ1) is 13.3. The lowest BCUT2D eigenvalue weighted by Crippen LogP contribution is -2.27. The molecule has 1 fully saturated rings. The summed E-state index contributed by atoms with van der Waals surface area (Å²) in [5.74, 6) is 0.824. The summed E-state index contributed by atoms with van der Waals surface area (Å²) in [6.07, 6.45) is 9.69. The third-order valence-electron chi connectivity index (χ3n) is 3.28. The summed E-state index contributed by atoms with van der Waals surface area (Å²) >= 11 is 0. The van der Waals surface area contributed by atoms with Crippen molar-refractivity contribution in [2.75, 3.05) is 13.2 Å². The Morgan fingerprint density at radius 2 is 2.06 bits per heavy atom. The molecule has 16 heavy (non-hydrogen) atoms. The third kappa shape index (κ3) is 5.99. The first-order chi connectivity index (χ1) is 7.83. The highest BCUT2D eigenvalue weighted by molar-refractivity contribution is 5.66. The van der Waals surface area contributed by atoms with Crippen molar-refractivity contribution in [3.8, 4) is 0 Å². The molecule has 0 aromatic rings. The maximum atomic E-state index is 11.2. The molecule has 0 atom stereocenters. The van der Waals surface area contributed by atoms with E-state index in [-0.39, 0.29) is 6.09 Å². The molecule has 1 saturated carbocycles. The lowest BCUT2D eigenvalue weighted by atomic mass is 9.87. The van der Waals surface area contributed by atoms with Crippen LogP contribution >= 0.6 is 0 Å². The van der Waals surface area contributed by atoms with Crippen molar-refractivity contribution >= 4 is 6.09 Å². The number of alkyl carbamates (subject to hydrolysis) is 1. The fourth-order valence-electron chi connectivity index (χ4n) is 2.21. The molecule has 1 N–H and O–H groups in total. The lowest BCUT2D eigenvalue weighted by Gasteiger charge is -2.21. The number of carbonyl (C=O) groups excluding carboxylic acids is 1. The van der Waals surface area contributed by atoms with Crippen LogP contribution in [0.4, 0.5) is 4.79 Å². The number of ether oxygens (including phenoxy) is 1. The van der Waals surface area contributed by atoms with Crippen LogP contribution in [0.1, 0.15) is 58.3 Å². The van der Waals surface area contributed by atoms with Gasteiger partial charge in [-0.05, 0) is 18.8 Å².